The monoisotopic (exact) mass is 592 g/mol. The summed E-state index contributed by atoms with van der Waals surface area (Å²) in [6.45, 7) is 1.23. The summed E-state index contributed by atoms with van der Waals surface area (Å²) in [5.41, 5.74) is 1.15. The first kappa shape index (κ1) is 28.3. The number of carbonyl (C=O) groups excluding carboxylic acids is 4. The summed E-state index contributed by atoms with van der Waals surface area (Å²) >= 11 is 5.96. The van der Waals surface area contributed by atoms with Gasteiger partial charge in [0.15, 0.2) is 5.78 Å². The Bertz CT molecular complexity index is 1620. The molecule has 5 rings (SSSR count). The van der Waals surface area contributed by atoms with Crippen molar-refractivity contribution >= 4 is 45.2 Å². The molecule has 0 bridgehead atoms. The van der Waals surface area contributed by atoms with Crippen molar-refractivity contribution in [3.63, 3.8) is 0 Å². The highest BCUT2D eigenvalue weighted by Gasteiger charge is 2.51. The van der Waals surface area contributed by atoms with Crippen molar-refractivity contribution in [2.45, 2.75) is 24.7 Å². The van der Waals surface area contributed by atoms with E-state index in [9.17, 15) is 27.6 Å². The number of amides is 3. The van der Waals surface area contributed by atoms with Crippen molar-refractivity contribution in [3.05, 3.63) is 107 Å². The molecule has 1 aliphatic heterocycles. The maximum Gasteiger partial charge on any atom is 0.339 e. The van der Waals surface area contributed by atoms with Crippen LogP contribution < -0.4 is 4.18 Å². The Morgan fingerprint density at radius 1 is 0.854 bits per heavy atom. The van der Waals surface area contributed by atoms with Gasteiger partial charge in [-0.05, 0) is 80.4 Å². The van der Waals surface area contributed by atoms with Crippen LogP contribution in [0.2, 0.25) is 5.02 Å². The molecule has 1 aliphatic carbocycles. The first-order valence-corrected chi connectivity index (χ1v) is 14.6. The van der Waals surface area contributed by atoms with Gasteiger partial charge in [-0.25, -0.2) is 5.01 Å². The standard InChI is InChI=1S/C30H25ClN2O7S/c1-19-6-16-24(17-7-19)41(38,39)40-23-14-10-20(11-15-23)27(34)18-32(28(35)21-8-12-22(31)13-9-21)33-29(36)25-4-2-3-5-26(25)30(33)37/h2-3,6-17,25-26H,4-5,18H2,1H3/t25-,26+. The van der Waals surface area contributed by atoms with Crippen LogP contribution in [0.3, 0.4) is 0 Å². The Balaban J connectivity index is 1.38. The number of ketones is 1. The smallest absolute Gasteiger partial charge is 0.339 e. The summed E-state index contributed by atoms with van der Waals surface area (Å²) in [7, 11) is -4.10. The number of rotatable bonds is 8. The summed E-state index contributed by atoms with van der Waals surface area (Å²) in [5, 5.41) is 2.06. The molecule has 0 N–H and O–H groups in total. The van der Waals surface area contributed by atoms with Crippen LogP contribution in [0.1, 0.15) is 39.1 Å². The number of allylic oxidation sites excluding steroid dienone is 2. The fourth-order valence-electron chi connectivity index (χ4n) is 4.80. The molecule has 210 valence electrons. The Morgan fingerprint density at radius 2 is 1.39 bits per heavy atom. The number of Topliss-reactive ketones (excluding diaryl/α,β-unsaturated/α-hetero) is 1. The third kappa shape index (κ3) is 5.79. The quantitative estimate of drug-likeness (QED) is 0.162. The van der Waals surface area contributed by atoms with Gasteiger partial charge in [-0.2, -0.15) is 13.4 Å². The fourth-order valence-corrected chi connectivity index (χ4v) is 5.86. The van der Waals surface area contributed by atoms with Crippen LogP contribution in [0.5, 0.6) is 5.75 Å². The normalized spacial score (nSPS) is 18.2. The van der Waals surface area contributed by atoms with E-state index in [0.717, 1.165) is 15.6 Å². The van der Waals surface area contributed by atoms with E-state index in [2.05, 4.69) is 0 Å². The van der Waals surface area contributed by atoms with Gasteiger partial charge in [0.25, 0.3) is 17.7 Å². The third-order valence-electron chi connectivity index (χ3n) is 7.04. The molecule has 9 nitrogen and oxygen atoms in total. The van der Waals surface area contributed by atoms with Gasteiger partial charge in [0, 0.05) is 16.1 Å². The highest BCUT2D eigenvalue weighted by Crippen LogP contribution is 2.36. The second kappa shape index (κ2) is 11.3. The molecule has 2 atom stereocenters. The Labute approximate surface area is 242 Å². The van der Waals surface area contributed by atoms with Crippen molar-refractivity contribution in [1.29, 1.82) is 0 Å². The minimum absolute atomic E-state index is 0.0160. The largest absolute Gasteiger partial charge is 0.379 e. The summed E-state index contributed by atoms with van der Waals surface area (Å²) in [5.74, 6) is -3.59. The SMILES string of the molecule is Cc1ccc(S(=O)(=O)Oc2ccc(C(=O)CN(C(=O)c3ccc(Cl)cc3)N3C(=O)[C@H]4CC=CC[C@H]4C3=O)cc2)cc1. The fraction of sp³-hybridized carbons (Fsp3) is 0.200. The highest BCUT2D eigenvalue weighted by atomic mass is 35.5. The Morgan fingerprint density at radius 3 is 1.95 bits per heavy atom. The number of hydrogen-bond acceptors (Lipinski definition) is 7. The van der Waals surface area contributed by atoms with Crippen molar-refractivity contribution in [2.24, 2.45) is 11.8 Å². The van der Waals surface area contributed by atoms with E-state index < -0.39 is 52.0 Å². The second-order valence-corrected chi connectivity index (χ2v) is 11.8. The molecular formula is C30H25ClN2O7S. The van der Waals surface area contributed by atoms with Crippen LogP contribution in [0.15, 0.2) is 89.8 Å². The predicted molar refractivity (Wildman–Crippen MR) is 149 cm³/mol. The number of hydrogen-bond donors (Lipinski definition) is 0. The van der Waals surface area contributed by atoms with Crippen molar-refractivity contribution in [2.75, 3.05) is 6.54 Å². The van der Waals surface area contributed by atoms with Crippen LogP contribution in [0.4, 0.5) is 0 Å². The number of imide groups is 1. The zero-order chi connectivity index (χ0) is 29.3. The lowest BCUT2D eigenvalue weighted by Gasteiger charge is -2.30. The van der Waals surface area contributed by atoms with Crippen molar-refractivity contribution in [3.8, 4) is 5.75 Å². The van der Waals surface area contributed by atoms with E-state index in [-0.39, 0.29) is 21.8 Å². The first-order chi connectivity index (χ1) is 19.5. The molecule has 1 heterocycles. The molecule has 11 heteroatoms. The summed E-state index contributed by atoms with van der Waals surface area (Å²) in [4.78, 5) is 53.4. The number of carbonyl (C=O) groups is 4. The van der Waals surface area contributed by atoms with E-state index in [4.69, 9.17) is 15.8 Å². The number of hydrazine groups is 1. The molecule has 3 aromatic rings. The maximum absolute atomic E-state index is 13.6. The molecule has 0 spiro atoms. The van der Waals surface area contributed by atoms with E-state index >= 15 is 0 Å². The van der Waals surface area contributed by atoms with E-state index in [1.54, 1.807) is 12.1 Å². The highest BCUT2D eigenvalue weighted by molar-refractivity contribution is 7.87. The molecule has 0 radical (unpaired) electrons. The molecule has 3 amide bonds. The van der Waals surface area contributed by atoms with Gasteiger partial charge in [-0.1, -0.05) is 41.4 Å². The lowest BCUT2D eigenvalue weighted by Crippen LogP contribution is -2.52. The van der Waals surface area contributed by atoms with Crippen molar-refractivity contribution < 1.29 is 31.8 Å². The number of benzene rings is 3. The summed E-state index contributed by atoms with van der Waals surface area (Å²) in [6.07, 6.45) is 4.40. The van der Waals surface area contributed by atoms with Crippen LogP contribution >= 0.6 is 11.6 Å². The average Bonchev–Trinajstić information content (AvgIpc) is 3.21. The van der Waals surface area contributed by atoms with E-state index in [1.165, 1.54) is 60.7 Å². The zero-order valence-electron chi connectivity index (χ0n) is 21.9. The number of fused-ring (bicyclic) bond motifs is 1. The number of aryl methyl sites for hydroxylation is 1. The summed E-state index contributed by atoms with van der Waals surface area (Å²) in [6, 6.07) is 17.4. The topological polar surface area (TPSA) is 118 Å². The van der Waals surface area contributed by atoms with Crippen LogP contribution in [-0.4, -0.2) is 48.5 Å². The molecule has 0 saturated carbocycles. The van der Waals surface area contributed by atoms with E-state index in [1.807, 2.05) is 19.1 Å². The van der Waals surface area contributed by atoms with Gasteiger partial charge in [0.1, 0.15) is 17.2 Å². The molecule has 41 heavy (non-hydrogen) atoms. The molecule has 3 aromatic carbocycles. The van der Waals surface area contributed by atoms with Gasteiger partial charge in [0.2, 0.25) is 0 Å². The average molecular weight is 593 g/mol. The lowest BCUT2D eigenvalue weighted by molar-refractivity contribution is -0.154. The van der Waals surface area contributed by atoms with Gasteiger partial charge in [-0.15, -0.1) is 0 Å². The molecule has 1 saturated heterocycles. The molecule has 0 aromatic heterocycles. The van der Waals surface area contributed by atoms with Gasteiger partial charge < -0.3 is 4.18 Å². The minimum atomic E-state index is -4.10. The second-order valence-electron chi connectivity index (χ2n) is 9.81. The Kier molecular flexibility index (Phi) is 7.79. The van der Waals surface area contributed by atoms with Crippen molar-refractivity contribution in [1.82, 2.24) is 10.0 Å². The van der Waals surface area contributed by atoms with Crippen LogP contribution in [-0.2, 0) is 19.7 Å². The van der Waals surface area contributed by atoms with Crippen LogP contribution in [0, 0.1) is 18.8 Å². The lowest BCUT2D eigenvalue weighted by atomic mass is 9.85. The van der Waals surface area contributed by atoms with Gasteiger partial charge >= 0.3 is 10.1 Å². The minimum Gasteiger partial charge on any atom is -0.379 e. The molecule has 1 fully saturated rings. The first-order valence-electron chi connectivity index (χ1n) is 12.8. The third-order valence-corrected chi connectivity index (χ3v) is 8.55. The number of nitrogens with zero attached hydrogens (tertiary/aromatic N) is 2. The number of halogens is 1. The Hall–Kier alpha value is -4.28. The maximum atomic E-state index is 13.6. The van der Waals surface area contributed by atoms with Crippen LogP contribution in [0.25, 0.3) is 0 Å². The van der Waals surface area contributed by atoms with Gasteiger partial charge in [-0.3, -0.25) is 19.2 Å². The molecular weight excluding hydrogens is 568 g/mol. The molecule has 2 aliphatic rings. The zero-order valence-corrected chi connectivity index (χ0v) is 23.5. The molecule has 0 unspecified atom stereocenters. The van der Waals surface area contributed by atoms with Gasteiger partial charge in [0.05, 0.1) is 11.8 Å². The van der Waals surface area contributed by atoms with E-state index in [0.29, 0.717) is 17.9 Å². The summed E-state index contributed by atoms with van der Waals surface area (Å²) < 4.78 is 30.4. The predicted octanol–water partition coefficient (Wildman–Crippen LogP) is 4.61.